The van der Waals surface area contributed by atoms with Gasteiger partial charge in [0, 0.05) is 12.7 Å². The van der Waals surface area contributed by atoms with Crippen molar-refractivity contribution in [2.45, 2.75) is 25.6 Å². The lowest BCUT2D eigenvalue weighted by atomic mass is 10.2. The maximum absolute atomic E-state index is 12.5. The van der Waals surface area contributed by atoms with Crippen molar-refractivity contribution in [2.24, 2.45) is 0 Å². The van der Waals surface area contributed by atoms with Gasteiger partial charge in [-0.05, 0) is 25.5 Å². The van der Waals surface area contributed by atoms with Gasteiger partial charge in [-0.3, -0.25) is 0 Å². The van der Waals surface area contributed by atoms with Gasteiger partial charge in [-0.2, -0.15) is 13.2 Å². The summed E-state index contributed by atoms with van der Waals surface area (Å²) in [4.78, 5) is 3.63. The van der Waals surface area contributed by atoms with Crippen LogP contribution in [-0.4, -0.2) is 22.7 Å². The minimum atomic E-state index is -4.42. The molecule has 2 N–H and O–H groups in total. The average molecular weight is 234 g/mol. The number of aromatic nitrogens is 1. The summed E-state index contributed by atoms with van der Waals surface area (Å²) in [6, 6.07) is 2.21. The monoisotopic (exact) mass is 234 g/mol. The van der Waals surface area contributed by atoms with E-state index in [4.69, 9.17) is 5.11 Å². The number of alkyl halides is 3. The lowest BCUT2D eigenvalue weighted by molar-refractivity contribution is -0.137. The highest BCUT2D eigenvalue weighted by molar-refractivity contribution is 5.45. The van der Waals surface area contributed by atoms with E-state index in [0.717, 1.165) is 6.07 Å². The zero-order valence-electron chi connectivity index (χ0n) is 8.75. The Balaban J connectivity index is 2.72. The lowest BCUT2D eigenvalue weighted by Gasteiger charge is -2.13. The number of nitrogens with one attached hydrogen (secondary N) is 1. The molecule has 1 rings (SSSR count). The molecule has 0 saturated heterocycles. The van der Waals surface area contributed by atoms with Gasteiger partial charge < -0.3 is 10.4 Å². The average Bonchev–Trinajstić information content (AvgIpc) is 2.16. The number of anilines is 1. The van der Waals surface area contributed by atoms with Crippen molar-refractivity contribution in [2.75, 3.05) is 11.9 Å². The van der Waals surface area contributed by atoms with Crippen molar-refractivity contribution in [1.82, 2.24) is 4.98 Å². The molecule has 1 aromatic rings. The lowest BCUT2D eigenvalue weighted by Crippen LogP contribution is -2.15. The standard InChI is InChI=1S/C10H13F3N2O/c1-7(16)4-6-15-9-8(10(11,12)13)3-2-5-14-9/h2-3,5,7,16H,4,6H2,1H3,(H,14,15). The van der Waals surface area contributed by atoms with E-state index in [9.17, 15) is 13.2 Å². The smallest absolute Gasteiger partial charge is 0.393 e. The third-order valence-corrected chi connectivity index (χ3v) is 1.97. The van der Waals surface area contributed by atoms with Crippen molar-refractivity contribution in [3.8, 4) is 0 Å². The van der Waals surface area contributed by atoms with E-state index in [-0.39, 0.29) is 12.4 Å². The Kier molecular flexibility index (Phi) is 4.12. The van der Waals surface area contributed by atoms with Crippen LogP contribution >= 0.6 is 0 Å². The Morgan fingerprint density at radius 2 is 2.19 bits per heavy atom. The predicted octanol–water partition coefficient (Wildman–Crippen LogP) is 2.28. The van der Waals surface area contributed by atoms with E-state index in [0.29, 0.717) is 6.42 Å². The molecular weight excluding hydrogens is 221 g/mol. The van der Waals surface area contributed by atoms with Crippen molar-refractivity contribution < 1.29 is 18.3 Å². The van der Waals surface area contributed by atoms with Gasteiger partial charge >= 0.3 is 6.18 Å². The van der Waals surface area contributed by atoms with Gasteiger partial charge in [0.25, 0.3) is 0 Å². The number of nitrogens with zero attached hydrogens (tertiary/aromatic N) is 1. The Morgan fingerprint density at radius 1 is 1.50 bits per heavy atom. The molecule has 1 heterocycles. The maximum atomic E-state index is 12.5. The molecule has 1 unspecified atom stereocenters. The Morgan fingerprint density at radius 3 is 2.75 bits per heavy atom. The number of hydrogen-bond acceptors (Lipinski definition) is 3. The van der Waals surface area contributed by atoms with Crippen LogP contribution in [0.25, 0.3) is 0 Å². The van der Waals surface area contributed by atoms with Crippen molar-refractivity contribution in [1.29, 1.82) is 0 Å². The molecule has 0 radical (unpaired) electrons. The zero-order valence-corrected chi connectivity index (χ0v) is 8.75. The minimum absolute atomic E-state index is 0.198. The molecule has 1 atom stereocenters. The molecular formula is C10H13F3N2O. The van der Waals surface area contributed by atoms with Gasteiger partial charge in [-0.1, -0.05) is 0 Å². The zero-order chi connectivity index (χ0) is 12.2. The van der Waals surface area contributed by atoms with Crippen LogP contribution < -0.4 is 5.32 Å². The maximum Gasteiger partial charge on any atom is 0.419 e. The number of aliphatic hydroxyl groups excluding tert-OH is 1. The van der Waals surface area contributed by atoms with Gasteiger partial charge in [-0.25, -0.2) is 4.98 Å². The van der Waals surface area contributed by atoms with Crippen LogP contribution in [0.4, 0.5) is 19.0 Å². The SMILES string of the molecule is CC(O)CCNc1ncccc1C(F)(F)F. The summed E-state index contributed by atoms with van der Waals surface area (Å²) in [7, 11) is 0. The van der Waals surface area contributed by atoms with Crippen molar-refractivity contribution in [3.63, 3.8) is 0 Å². The van der Waals surface area contributed by atoms with Gasteiger partial charge in [0.1, 0.15) is 5.82 Å². The minimum Gasteiger partial charge on any atom is -0.393 e. The Labute approximate surface area is 91.3 Å². The van der Waals surface area contributed by atoms with Crippen LogP contribution in [0, 0.1) is 0 Å². The molecule has 3 nitrogen and oxygen atoms in total. The van der Waals surface area contributed by atoms with Gasteiger partial charge in [-0.15, -0.1) is 0 Å². The fourth-order valence-corrected chi connectivity index (χ4v) is 1.17. The molecule has 0 spiro atoms. The fourth-order valence-electron chi connectivity index (χ4n) is 1.17. The first-order chi connectivity index (χ1) is 7.41. The van der Waals surface area contributed by atoms with Crippen molar-refractivity contribution in [3.05, 3.63) is 23.9 Å². The van der Waals surface area contributed by atoms with E-state index in [1.165, 1.54) is 12.3 Å². The molecule has 16 heavy (non-hydrogen) atoms. The van der Waals surface area contributed by atoms with Crippen LogP contribution in [0.15, 0.2) is 18.3 Å². The van der Waals surface area contributed by atoms with E-state index in [2.05, 4.69) is 10.3 Å². The highest BCUT2D eigenvalue weighted by Gasteiger charge is 2.33. The molecule has 90 valence electrons. The summed E-state index contributed by atoms with van der Waals surface area (Å²) in [6.07, 6.45) is -3.31. The van der Waals surface area contributed by atoms with Gasteiger partial charge in [0.2, 0.25) is 0 Å². The third-order valence-electron chi connectivity index (χ3n) is 1.97. The highest BCUT2D eigenvalue weighted by Crippen LogP contribution is 2.33. The Hall–Kier alpha value is -1.30. The topological polar surface area (TPSA) is 45.1 Å². The summed E-state index contributed by atoms with van der Waals surface area (Å²) in [5, 5.41) is 11.5. The van der Waals surface area contributed by atoms with E-state index >= 15 is 0 Å². The van der Waals surface area contributed by atoms with Crippen LogP contribution in [0.3, 0.4) is 0 Å². The van der Waals surface area contributed by atoms with Crippen LogP contribution in [-0.2, 0) is 6.18 Å². The highest BCUT2D eigenvalue weighted by atomic mass is 19.4. The van der Waals surface area contributed by atoms with Crippen LogP contribution in [0.1, 0.15) is 18.9 Å². The molecule has 0 aliphatic heterocycles. The fraction of sp³-hybridized carbons (Fsp3) is 0.500. The number of rotatable bonds is 4. The summed E-state index contributed by atoms with van der Waals surface area (Å²) >= 11 is 0. The summed E-state index contributed by atoms with van der Waals surface area (Å²) < 4.78 is 37.5. The number of aliphatic hydroxyl groups is 1. The Bertz CT molecular complexity index is 339. The summed E-state index contributed by atoms with van der Waals surface area (Å²) in [5.41, 5.74) is -0.791. The van der Waals surface area contributed by atoms with Gasteiger partial charge in [0.15, 0.2) is 0 Å². The van der Waals surface area contributed by atoms with Gasteiger partial charge in [0.05, 0.1) is 11.7 Å². The third kappa shape index (κ3) is 3.69. The normalized spacial score (nSPS) is 13.6. The summed E-state index contributed by atoms with van der Waals surface area (Å²) in [6.45, 7) is 1.82. The molecule has 0 bridgehead atoms. The first-order valence-corrected chi connectivity index (χ1v) is 4.85. The van der Waals surface area contributed by atoms with E-state index < -0.39 is 17.8 Å². The number of pyridine rings is 1. The number of halogens is 3. The first-order valence-electron chi connectivity index (χ1n) is 4.85. The second-order valence-corrected chi connectivity index (χ2v) is 3.46. The molecule has 1 aromatic heterocycles. The molecule has 0 saturated carbocycles. The van der Waals surface area contributed by atoms with Crippen LogP contribution in [0.5, 0.6) is 0 Å². The first kappa shape index (κ1) is 12.8. The second-order valence-electron chi connectivity index (χ2n) is 3.46. The predicted molar refractivity (Wildman–Crippen MR) is 54.0 cm³/mol. The largest absolute Gasteiger partial charge is 0.419 e. The van der Waals surface area contributed by atoms with E-state index in [1.807, 2.05) is 0 Å². The molecule has 0 amide bonds. The molecule has 0 aliphatic carbocycles. The van der Waals surface area contributed by atoms with E-state index in [1.54, 1.807) is 6.92 Å². The summed E-state index contributed by atoms with van der Waals surface area (Å²) in [5.74, 6) is -0.198. The van der Waals surface area contributed by atoms with Crippen molar-refractivity contribution >= 4 is 5.82 Å². The molecule has 0 aliphatic rings. The quantitative estimate of drug-likeness (QED) is 0.840. The molecule has 6 heteroatoms. The van der Waals surface area contributed by atoms with Crippen LogP contribution in [0.2, 0.25) is 0 Å². The number of hydrogen-bond donors (Lipinski definition) is 2. The molecule has 0 aromatic carbocycles. The molecule has 0 fully saturated rings. The second kappa shape index (κ2) is 5.16.